The minimum absolute atomic E-state index is 0.213. The van der Waals surface area contributed by atoms with E-state index in [-0.39, 0.29) is 11.0 Å². The van der Waals surface area contributed by atoms with Crippen LogP contribution in [0.3, 0.4) is 0 Å². The number of thiocarbonyl (C=S) groups is 1. The molecule has 7 heteroatoms. The Kier molecular flexibility index (Phi) is 5.81. The average Bonchev–Trinajstić information content (AvgIpc) is 3.13. The van der Waals surface area contributed by atoms with Crippen molar-refractivity contribution in [3.05, 3.63) is 82.4 Å². The van der Waals surface area contributed by atoms with Crippen LogP contribution in [-0.2, 0) is 0 Å². The first-order valence-electron chi connectivity index (χ1n) is 9.26. The van der Waals surface area contributed by atoms with Crippen LogP contribution in [0.2, 0.25) is 5.02 Å². The van der Waals surface area contributed by atoms with Gasteiger partial charge in [-0.05, 0) is 68.0 Å². The zero-order valence-corrected chi connectivity index (χ0v) is 18.7. The molecule has 0 saturated carbocycles. The van der Waals surface area contributed by atoms with E-state index < -0.39 is 0 Å². The molecule has 0 aliphatic rings. The molecule has 30 heavy (non-hydrogen) atoms. The fourth-order valence-corrected chi connectivity index (χ4v) is 4.55. The number of hydrogen-bond acceptors (Lipinski definition) is 4. The summed E-state index contributed by atoms with van der Waals surface area (Å²) in [5.74, 6) is -0.250. The largest absolute Gasteiger partial charge is 0.332 e. The van der Waals surface area contributed by atoms with Crippen molar-refractivity contribution < 1.29 is 4.79 Å². The summed E-state index contributed by atoms with van der Waals surface area (Å²) in [6.45, 7) is 3.90. The summed E-state index contributed by atoms with van der Waals surface area (Å²) in [7, 11) is 0. The first-order valence-corrected chi connectivity index (χ1v) is 10.9. The van der Waals surface area contributed by atoms with E-state index in [4.69, 9.17) is 28.8 Å². The molecule has 3 aromatic carbocycles. The Labute approximate surface area is 188 Å². The van der Waals surface area contributed by atoms with Crippen LogP contribution in [0.15, 0.2) is 60.7 Å². The number of carbonyl (C=O) groups excluding carboxylic acids is 1. The molecule has 1 amide bonds. The highest BCUT2D eigenvalue weighted by atomic mass is 35.5. The van der Waals surface area contributed by atoms with Gasteiger partial charge in [-0.25, -0.2) is 4.98 Å². The molecule has 1 aromatic heterocycles. The Balaban J connectivity index is 1.58. The zero-order chi connectivity index (χ0) is 21.3. The summed E-state index contributed by atoms with van der Waals surface area (Å²) >= 11 is 13.2. The SMILES string of the molecule is Cc1ccc(C(=O)NC(=S)Nc2ccc(Cl)cc2-c2nc3ccccc3s2)c(C)c1. The van der Waals surface area contributed by atoms with Crippen LogP contribution >= 0.6 is 35.2 Å². The van der Waals surface area contributed by atoms with E-state index in [1.165, 1.54) is 0 Å². The molecule has 4 rings (SSSR count). The van der Waals surface area contributed by atoms with Crippen LogP contribution in [0.5, 0.6) is 0 Å². The van der Waals surface area contributed by atoms with Gasteiger partial charge < -0.3 is 5.32 Å². The third kappa shape index (κ3) is 4.36. The third-order valence-corrected chi connectivity index (χ3v) is 6.12. The number of hydrogen-bond donors (Lipinski definition) is 2. The van der Waals surface area contributed by atoms with Gasteiger partial charge in [0.05, 0.1) is 15.9 Å². The molecular weight excluding hydrogens is 434 g/mol. The minimum Gasteiger partial charge on any atom is -0.332 e. The van der Waals surface area contributed by atoms with E-state index in [1.807, 2.05) is 62.4 Å². The van der Waals surface area contributed by atoms with Crippen molar-refractivity contribution in [2.75, 3.05) is 5.32 Å². The van der Waals surface area contributed by atoms with E-state index >= 15 is 0 Å². The number of thiazole rings is 1. The molecule has 4 nitrogen and oxygen atoms in total. The number of nitrogens with one attached hydrogen (secondary N) is 2. The van der Waals surface area contributed by atoms with Crippen molar-refractivity contribution in [3.63, 3.8) is 0 Å². The van der Waals surface area contributed by atoms with Crippen LogP contribution in [0.1, 0.15) is 21.5 Å². The maximum Gasteiger partial charge on any atom is 0.257 e. The van der Waals surface area contributed by atoms with Crippen LogP contribution in [0.4, 0.5) is 5.69 Å². The maximum atomic E-state index is 12.6. The van der Waals surface area contributed by atoms with Crippen molar-refractivity contribution in [3.8, 4) is 10.6 Å². The summed E-state index contributed by atoms with van der Waals surface area (Å²) in [5, 5.41) is 7.51. The normalized spacial score (nSPS) is 10.8. The van der Waals surface area contributed by atoms with Gasteiger partial charge in [-0.2, -0.15) is 0 Å². The van der Waals surface area contributed by atoms with Gasteiger partial charge in [0.1, 0.15) is 5.01 Å². The summed E-state index contributed by atoms with van der Waals surface area (Å²) in [5.41, 5.74) is 5.07. The lowest BCUT2D eigenvalue weighted by atomic mass is 10.1. The Morgan fingerprint density at radius 2 is 1.87 bits per heavy atom. The van der Waals surface area contributed by atoms with Gasteiger partial charge in [-0.3, -0.25) is 10.1 Å². The molecule has 4 aromatic rings. The van der Waals surface area contributed by atoms with Crippen LogP contribution in [-0.4, -0.2) is 16.0 Å². The Hall–Kier alpha value is -2.80. The fraction of sp³-hybridized carbons (Fsp3) is 0.0870. The fourth-order valence-electron chi connectivity index (χ4n) is 3.18. The highest BCUT2D eigenvalue weighted by Gasteiger charge is 2.15. The van der Waals surface area contributed by atoms with Gasteiger partial charge >= 0.3 is 0 Å². The molecule has 0 radical (unpaired) electrons. The van der Waals surface area contributed by atoms with Crippen LogP contribution in [0, 0.1) is 13.8 Å². The number of amides is 1. The van der Waals surface area contributed by atoms with E-state index in [1.54, 1.807) is 23.5 Å². The van der Waals surface area contributed by atoms with Gasteiger partial charge in [-0.15, -0.1) is 11.3 Å². The van der Waals surface area contributed by atoms with E-state index in [9.17, 15) is 4.79 Å². The summed E-state index contributed by atoms with van der Waals surface area (Å²) < 4.78 is 1.09. The molecular formula is C23H18ClN3OS2. The number of nitrogens with zero attached hydrogens (tertiary/aromatic N) is 1. The molecule has 0 atom stereocenters. The molecule has 150 valence electrons. The second-order valence-corrected chi connectivity index (χ2v) is 8.78. The lowest BCUT2D eigenvalue weighted by Gasteiger charge is -2.14. The number of benzene rings is 3. The first-order chi connectivity index (χ1) is 14.4. The van der Waals surface area contributed by atoms with E-state index in [0.29, 0.717) is 10.6 Å². The second-order valence-electron chi connectivity index (χ2n) is 6.90. The number of para-hydroxylation sites is 1. The van der Waals surface area contributed by atoms with Crippen molar-refractivity contribution in [2.45, 2.75) is 13.8 Å². The number of aryl methyl sites for hydroxylation is 2. The van der Waals surface area contributed by atoms with E-state index in [0.717, 1.165) is 37.6 Å². The number of anilines is 1. The quantitative estimate of drug-likeness (QED) is 0.356. The number of halogens is 1. The number of rotatable bonds is 3. The molecule has 0 unspecified atom stereocenters. The van der Waals surface area contributed by atoms with Gasteiger partial charge in [0.25, 0.3) is 5.91 Å². The smallest absolute Gasteiger partial charge is 0.257 e. The van der Waals surface area contributed by atoms with Crippen molar-refractivity contribution >= 4 is 62.1 Å². The predicted molar refractivity (Wildman–Crippen MR) is 130 cm³/mol. The molecule has 0 aliphatic heterocycles. The minimum atomic E-state index is -0.250. The van der Waals surface area contributed by atoms with Crippen molar-refractivity contribution in [1.82, 2.24) is 10.3 Å². The molecule has 1 heterocycles. The number of aromatic nitrogens is 1. The first kappa shape index (κ1) is 20.5. The van der Waals surface area contributed by atoms with Gasteiger partial charge in [0, 0.05) is 16.1 Å². The second kappa shape index (κ2) is 8.52. The summed E-state index contributed by atoms with van der Waals surface area (Å²) in [6, 6.07) is 19.1. The highest BCUT2D eigenvalue weighted by molar-refractivity contribution is 7.80. The van der Waals surface area contributed by atoms with Gasteiger partial charge in [0.2, 0.25) is 0 Å². The topological polar surface area (TPSA) is 54.0 Å². The predicted octanol–water partition coefficient (Wildman–Crippen LogP) is 6.36. The number of fused-ring (bicyclic) bond motifs is 1. The average molecular weight is 452 g/mol. The van der Waals surface area contributed by atoms with E-state index in [2.05, 4.69) is 10.6 Å². The molecule has 0 aliphatic carbocycles. The molecule has 2 N–H and O–H groups in total. The van der Waals surface area contributed by atoms with Crippen LogP contribution in [0.25, 0.3) is 20.8 Å². The Morgan fingerprint density at radius 1 is 1.07 bits per heavy atom. The highest BCUT2D eigenvalue weighted by Crippen LogP contribution is 2.36. The lowest BCUT2D eigenvalue weighted by Crippen LogP contribution is -2.34. The molecule has 0 saturated heterocycles. The standard InChI is InChI=1S/C23H18ClN3OS2/c1-13-7-9-16(14(2)11-13)21(28)27-23(29)26-18-10-8-15(24)12-17(18)22-25-19-5-3-4-6-20(19)30-22/h3-12H,1-2H3,(H2,26,27,28,29). The maximum absolute atomic E-state index is 12.6. The van der Waals surface area contributed by atoms with Crippen molar-refractivity contribution in [2.24, 2.45) is 0 Å². The molecule has 0 spiro atoms. The van der Waals surface area contributed by atoms with Gasteiger partial charge in [0.15, 0.2) is 5.11 Å². The Bertz CT molecular complexity index is 1250. The molecule has 0 fully saturated rings. The summed E-state index contributed by atoms with van der Waals surface area (Å²) in [6.07, 6.45) is 0. The molecule has 0 bridgehead atoms. The van der Waals surface area contributed by atoms with Gasteiger partial charge in [-0.1, -0.05) is 41.4 Å². The third-order valence-electron chi connectivity index (χ3n) is 4.61. The number of carbonyl (C=O) groups is 1. The monoisotopic (exact) mass is 451 g/mol. The Morgan fingerprint density at radius 3 is 2.63 bits per heavy atom. The lowest BCUT2D eigenvalue weighted by molar-refractivity contribution is 0.0977. The van der Waals surface area contributed by atoms with Crippen LogP contribution < -0.4 is 10.6 Å². The summed E-state index contributed by atoms with van der Waals surface area (Å²) in [4.78, 5) is 17.3. The van der Waals surface area contributed by atoms with Crippen molar-refractivity contribution in [1.29, 1.82) is 0 Å². The zero-order valence-electron chi connectivity index (χ0n) is 16.3.